The summed E-state index contributed by atoms with van der Waals surface area (Å²) in [6.07, 6.45) is 4.29. The first kappa shape index (κ1) is 10.5. The van der Waals surface area contributed by atoms with Crippen molar-refractivity contribution < 1.29 is 0 Å². The quantitative estimate of drug-likeness (QED) is 0.719. The fraction of sp³-hybridized carbons (Fsp3) is 0.214. The van der Waals surface area contributed by atoms with Crippen molar-refractivity contribution in [2.24, 2.45) is 7.05 Å². The smallest absolute Gasteiger partial charge is 0.148 e. The molecule has 5 heteroatoms. The van der Waals surface area contributed by atoms with Crippen LogP contribution >= 0.6 is 0 Å². The number of hydrogen-bond acceptors (Lipinski definition) is 4. The lowest BCUT2D eigenvalue weighted by atomic mass is 10.1. The maximum Gasteiger partial charge on any atom is 0.148 e. The molecular formula is C14H13N5. The van der Waals surface area contributed by atoms with Gasteiger partial charge in [0.05, 0.1) is 22.9 Å². The maximum absolute atomic E-state index is 4.65. The molecule has 0 aliphatic carbocycles. The number of benzene rings is 1. The second-order valence-corrected chi connectivity index (χ2v) is 4.78. The standard InChI is InChI=1S/C14H13N5/c1-19-12-5-3-2-4-9(12)13(18-19)10-8-11-14(17-10)16-7-6-15-11/h2-7,10H,8H2,1H3,(H,16,17). The summed E-state index contributed by atoms with van der Waals surface area (Å²) >= 11 is 0. The Bertz CT molecular complexity index is 736. The number of rotatable bonds is 1. The minimum Gasteiger partial charge on any atom is -0.360 e. The molecule has 0 saturated heterocycles. The van der Waals surface area contributed by atoms with Crippen LogP contribution in [0.25, 0.3) is 10.9 Å². The normalized spacial score (nSPS) is 17.4. The van der Waals surface area contributed by atoms with Gasteiger partial charge in [0.2, 0.25) is 0 Å². The second kappa shape index (κ2) is 3.78. The molecule has 1 aromatic carbocycles. The van der Waals surface area contributed by atoms with E-state index < -0.39 is 0 Å². The van der Waals surface area contributed by atoms with Crippen LogP contribution in [0.3, 0.4) is 0 Å². The Balaban J connectivity index is 1.81. The van der Waals surface area contributed by atoms with Crippen LogP contribution < -0.4 is 5.32 Å². The third-order valence-electron chi connectivity index (χ3n) is 3.60. The van der Waals surface area contributed by atoms with Crippen LogP contribution in [0.1, 0.15) is 17.4 Å². The molecule has 1 aliphatic heterocycles. The van der Waals surface area contributed by atoms with Gasteiger partial charge in [0.25, 0.3) is 0 Å². The molecule has 3 aromatic rings. The van der Waals surface area contributed by atoms with E-state index >= 15 is 0 Å². The zero-order chi connectivity index (χ0) is 12.8. The van der Waals surface area contributed by atoms with Crippen molar-refractivity contribution in [1.29, 1.82) is 0 Å². The minimum absolute atomic E-state index is 0.156. The molecule has 4 rings (SSSR count). The predicted octanol–water partition coefficient (Wildman–Crippen LogP) is 2.07. The van der Waals surface area contributed by atoms with Crippen molar-refractivity contribution in [2.75, 3.05) is 5.32 Å². The highest BCUT2D eigenvalue weighted by Crippen LogP contribution is 2.33. The number of hydrogen-bond donors (Lipinski definition) is 1. The molecule has 0 bridgehead atoms. The summed E-state index contributed by atoms with van der Waals surface area (Å²) in [5.74, 6) is 0.877. The zero-order valence-corrected chi connectivity index (χ0v) is 10.5. The van der Waals surface area contributed by atoms with Gasteiger partial charge in [-0.1, -0.05) is 18.2 Å². The summed E-state index contributed by atoms with van der Waals surface area (Å²) in [5.41, 5.74) is 3.23. The first-order valence-corrected chi connectivity index (χ1v) is 6.31. The van der Waals surface area contributed by atoms with E-state index in [0.717, 1.165) is 29.1 Å². The Morgan fingerprint density at radius 2 is 2.05 bits per heavy atom. The third-order valence-corrected chi connectivity index (χ3v) is 3.60. The molecule has 3 heterocycles. The number of nitrogens with zero attached hydrogens (tertiary/aromatic N) is 4. The number of aryl methyl sites for hydroxylation is 1. The van der Waals surface area contributed by atoms with Gasteiger partial charge in [0, 0.05) is 31.2 Å². The van der Waals surface area contributed by atoms with E-state index in [-0.39, 0.29) is 6.04 Å². The molecule has 0 fully saturated rings. The summed E-state index contributed by atoms with van der Waals surface area (Å²) in [6, 6.07) is 8.44. The molecule has 2 aromatic heterocycles. The van der Waals surface area contributed by atoms with Crippen LogP contribution in [0.5, 0.6) is 0 Å². The molecule has 0 saturated carbocycles. The lowest BCUT2D eigenvalue weighted by Gasteiger charge is -2.07. The SMILES string of the molecule is Cn1nc(C2Cc3nccnc3N2)c2ccccc21. The highest BCUT2D eigenvalue weighted by molar-refractivity contribution is 5.83. The van der Waals surface area contributed by atoms with Gasteiger partial charge < -0.3 is 5.32 Å². The van der Waals surface area contributed by atoms with E-state index in [0.29, 0.717) is 0 Å². The fourth-order valence-corrected chi connectivity index (χ4v) is 2.71. The summed E-state index contributed by atoms with van der Waals surface area (Å²) in [4.78, 5) is 8.68. The van der Waals surface area contributed by atoms with E-state index in [2.05, 4.69) is 32.5 Å². The Kier molecular flexibility index (Phi) is 2.09. The first-order chi connectivity index (χ1) is 9.33. The summed E-state index contributed by atoms with van der Waals surface area (Å²) in [6.45, 7) is 0. The van der Waals surface area contributed by atoms with E-state index in [9.17, 15) is 0 Å². The second-order valence-electron chi connectivity index (χ2n) is 4.78. The number of aromatic nitrogens is 4. The molecule has 19 heavy (non-hydrogen) atoms. The molecule has 5 nitrogen and oxygen atoms in total. The molecule has 0 radical (unpaired) electrons. The molecule has 1 atom stereocenters. The number of nitrogens with one attached hydrogen (secondary N) is 1. The number of fused-ring (bicyclic) bond motifs is 2. The van der Waals surface area contributed by atoms with Gasteiger partial charge in [-0.05, 0) is 6.07 Å². The van der Waals surface area contributed by atoms with Gasteiger partial charge in [-0.2, -0.15) is 5.10 Å². The number of anilines is 1. The molecule has 1 aliphatic rings. The Morgan fingerprint density at radius 1 is 1.21 bits per heavy atom. The molecular weight excluding hydrogens is 238 g/mol. The Labute approximate surface area is 110 Å². The topological polar surface area (TPSA) is 55.6 Å². The first-order valence-electron chi connectivity index (χ1n) is 6.31. The molecule has 1 unspecified atom stereocenters. The van der Waals surface area contributed by atoms with Gasteiger partial charge in [-0.15, -0.1) is 0 Å². The lowest BCUT2D eigenvalue weighted by Crippen LogP contribution is -2.07. The van der Waals surface area contributed by atoms with Crippen molar-refractivity contribution in [2.45, 2.75) is 12.5 Å². The molecule has 0 spiro atoms. The minimum atomic E-state index is 0.156. The zero-order valence-electron chi connectivity index (χ0n) is 10.5. The average molecular weight is 251 g/mol. The molecule has 1 N–H and O–H groups in total. The van der Waals surface area contributed by atoms with Gasteiger partial charge in [0.1, 0.15) is 5.82 Å². The predicted molar refractivity (Wildman–Crippen MR) is 72.8 cm³/mol. The van der Waals surface area contributed by atoms with Crippen LogP contribution in [-0.2, 0) is 13.5 Å². The highest BCUT2D eigenvalue weighted by Gasteiger charge is 2.27. The number of para-hydroxylation sites is 1. The van der Waals surface area contributed by atoms with Crippen molar-refractivity contribution >= 4 is 16.7 Å². The van der Waals surface area contributed by atoms with Crippen LogP contribution in [-0.4, -0.2) is 19.7 Å². The lowest BCUT2D eigenvalue weighted by molar-refractivity contribution is 0.713. The van der Waals surface area contributed by atoms with Gasteiger partial charge in [-0.25, -0.2) is 4.98 Å². The van der Waals surface area contributed by atoms with E-state index in [1.807, 2.05) is 23.9 Å². The van der Waals surface area contributed by atoms with Crippen LogP contribution in [0.2, 0.25) is 0 Å². The highest BCUT2D eigenvalue weighted by atomic mass is 15.3. The third kappa shape index (κ3) is 1.51. The van der Waals surface area contributed by atoms with Gasteiger partial charge >= 0.3 is 0 Å². The van der Waals surface area contributed by atoms with Crippen molar-refractivity contribution in [3.05, 3.63) is 48.0 Å². The monoisotopic (exact) mass is 251 g/mol. The van der Waals surface area contributed by atoms with E-state index in [4.69, 9.17) is 0 Å². The van der Waals surface area contributed by atoms with Gasteiger partial charge in [0.15, 0.2) is 0 Å². The molecule has 0 amide bonds. The van der Waals surface area contributed by atoms with Crippen molar-refractivity contribution in [1.82, 2.24) is 19.7 Å². The van der Waals surface area contributed by atoms with Crippen LogP contribution in [0, 0.1) is 0 Å². The average Bonchev–Trinajstić information content (AvgIpc) is 3.01. The summed E-state index contributed by atoms with van der Waals surface area (Å²) in [7, 11) is 1.98. The summed E-state index contributed by atoms with van der Waals surface area (Å²) in [5, 5.41) is 9.25. The largest absolute Gasteiger partial charge is 0.360 e. The Hall–Kier alpha value is -2.43. The van der Waals surface area contributed by atoms with Crippen molar-refractivity contribution in [3.63, 3.8) is 0 Å². The fourth-order valence-electron chi connectivity index (χ4n) is 2.71. The van der Waals surface area contributed by atoms with E-state index in [1.54, 1.807) is 12.4 Å². The summed E-state index contributed by atoms with van der Waals surface area (Å²) < 4.78 is 1.93. The van der Waals surface area contributed by atoms with Crippen molar-refractivity contribution in [3.8, 4) is 0 Å². The maximum atomic E-state index is 4.65. The van der Waals surface area contributed by atoms with Crippen LogP contribution in [0.15, 0.2) is 36.7 Å². The van der Waals surface area contributed by atoms with E-state index in [1.165, 1.54) is 5.39 Å². The molecule has 94 valence electrons. The Morgan fingerprint density at radius 3 is 2.95 bits per heavy atom. The van der Waals surface area contributed by atoms with Gasteiger partial charge in [-0.3, -0.25) is 9.67 Å². The van der Waals surface area contributed by atoms with Crippen LogP contribution in [0.4, 0.5) is 5.82 Å².